The molecular weight excluding hydrogens is 268 g/mol. The van der Waals surface area contributed by atoms with Crippen LogP contribution in [0.15, 0.2) is 4.52 Å². The van der Waals surface area contributed by atoms with Crippen molar-refractivity contribution in [2.45, 2.75) is 65.1 Å². The van der Waals surface area contributed by atoms with Crippen LogP contribution < -0.4 is 5.32 Å². The molecule has 7 heteroatoms. The van der Waals surface area contributed by atoms with E-state index in [1.807, 2.05) is 6.92 Å². The maximum atomic E-state index is 5.35. The number of rotatable bonds is 4. The zero-order valence-corrected chi connectivity index (χ0v) is 13.0. The average Bonchev–Trinajstić information content (AvgIpc) is 3.07. The van der Waals surface area contributed by atoms with Crippen molar-refractivity contribution >= 4 is 0 Å². The van der Waals surface area contributed by atoms with Gasteiger partial charge in [-0.25, -0.2) is 0 Å². The van der Waals surface area contributed by atoms with Crippen molar-refractivity contribution in [1.82, 2.24) is 30.2 Å². The summed E-state index contributed by atoms with van der Waals surface area (Å²) in [5, 5.41) is 15.9. The first-order chi connectivity index (χ1) is 10.0. The normalized spacial score (nSPS) is 19.8. The third kappa shape index (κ3) is 2.83. The maximum absolute atomic E-state index is 5.35. The molecule has 21 heavy (non-hydrogen) atoms. The molecule has 3 heterocycles. The highest BCUT2D eigenvalue weighted by Crippen LogP contribution is 2.19. The summed E-state index contributed by atoms with van der Waals surface area (Å²) in [5.41, 5.74) is 0. The predicted molar refractivity (Wildman–Crippen MR) is 76.8 cm³/mol. The lowest BCUT2D eigenvalue weighted by molar-refractivity contribution is 0.292. The van der Waals surface area contributed by atoms with Gasteiger partial charge >= 0.3 is 0 Å². The van der Waals surface area contributed by atoms with Gasteiger partial charge in [-0.05, 0) is 20.3 Å². The van der Waals surface area contributed by atoms with E-state index in [2.05, 4.69) is 51.0 Å². The molecule has 0 unspecified atom stereocenters. The monoisotopic (exact) mass is 290 g/mol. The summed E-state index contributed by atoms with van der Waals surface area (Å²) >= 11 is 0. The minimum atomic E-state index is 0.0494. The highest BCUT2D eigenvalue weighted by atomic mass is 16.5. The fraction of sp³-hybridized carbons (Fsp3) is 0.714. The van der Waals surface area contributed by atoms with Gasteiger partial charge in [0.1, 0.15) is 11.6 Å². The molecule has 3 rings (SSSR count). The van der Waals surface area contributed by atoms with Gasteiger partial charge in [0, 0.05) is 24.9 Å². The van der Waals surface area contributed by atoms with Gasteiger partial charge in [0.05, 0.1) is 6.04 Å². The molecule has 0 fully saturated rings. The van der Waals surface area contributed by atoms with Crippen LogP contribution >= 0.6 is 0 Å². The average molecular weight is 290 g/mol. The number of nitrogens with zero attached hydrogens (tertiary/aromatic N) is 5. The van der Waals surface area contributed by atoms with E-state index >= 15 is 0 Å². The minimum Gasteiger partial charge on any atom is -0.338 e. The van der Waals surface area contributed by atoms with Gasteiger partial charge in [-0.2, -0.15) is 4.98 Å². The molecule has 0 saturated heterocycles. The van der Waals surface area contributed by atoms with Crippen molar-refractivity contribution in [2.75, 3.05) is 0 Å². The van der Waals surface area contributed by atoms with E-state index < -0.39 is 0 Å². The Kier molecular flexibility index (Phi) is 3.75. The Balaban J connectivity index is 1.65. The molecule has 0 radical (unpaired) electrons. The van der Waals surface area contributed by atoms with Crippen LogP contribution in [-0.2, 0) is 13.0 Å². The van der Waals surface area contributed by atoms with Crippen LogP contribution in [0, 0.1) is 6.92 Å². The number of aryl methyl sites for hydroxylation is 2. The van der Waals surface area contributed by atoms with Crippen molar-refractivity contribution in [3.8, 4) is 0 Å². The van der Waals surface area contributed by atoms with Crippen molar-refractivity contribution in [1.29, 1.82) is 0 Å². The second kappa shape index (κ2) is 5.55. The molecule has 0 bridgehead atoms. The topological polar surface area (TPSA) is 81.7 Å². The first-order valence-corrected chi connectivity index (χ1v) is 7.52. The zero-order valence-electron chi connectivity index (χ0n) is 13.0. The van der Waals surface area contributed by atoms with Crippen molar-refractivity contribution in [3.05, 3.63) is 23.4 Å². The molecule has 0 aliphatic carbocycles. The van der Waals surface area contributed by atoms with Crippen LogP contribution in [0.3, 0.4) is 0 Å². The van der Waals surface area contributed by atoms with Gasteiger partial charge in [0.2, 0.25) is 5.89 Å². The predicted octanol–water partition coefficient (Wildman–Crippen LogP) is 1.76. The summed E-state index contributed by atoms with van der Waals surface area (Å²) < 4.78 is 7.53. The number of fused-ring (bicyclic) bond motifs is 1. The van der Waals surface area contributed by atoms with Crippen LogP contribution in [0.25, 0.3) is 0 Å². The number of nitrogens with one attached hydrogen (secondary N) is 1. The Labute approximate surface area is 124 Å². The van der Waals surface area contributed by atoms with Gasteiger partial charge in [0.25, 0.3) is 0 Å². The molecule has 1 aliphatic rings. The first-order valence-electron chi connectivity index (χ1n) is 7.52. The van der Waals surface area contributed by atoms with E-state index in [0.29, 0.717) is 11.9 Å². The van der Waals surface area contributed by atoms with Crippen LogP contribution in [0.5, 0.6) is 0 Å². The Morgan fingerprint density at radius 3 is 2.81 bits per heavy atom. The lowest BCUT2D eigenvalue weighted by Crippen LogP contribution is -2.39. The second-order valence-corrected chi connectivity index (χ2v) is 6.04. The van der Waals surface area contributed by atoms with Crippen LogP contribution in [0.2, 0.25) is 0 Å². The van der Waals surface area contributed by atoms with Crippen LogP contribution in [0.4, 0.5) is 0 Å². The van der Waals surface area contributed by atoms with Crippen LogP contribution in [0.1, 0.15) is 62.5 Å². The largest absolute Gasteiger partial charge is 0.338 e. The van der Waals surface area contributed by atoms with Crippen molar-refractivity contribution in [2.24, 2.45) is 0 Å². The van der Waals surface area contributed by atoms with Crippen molar-refractivity contribution < 1.29 is 4.52 Å². The number of aromatic nitrogens is 5. The number of hydrogen-bond donors (Lipinski definition) is 1. The SMILES string of the molecule is Cc1nnc2n1C[C@@H](N[C@H](C)c1nc(C(C)C)no1)CC2. The molecule has 0 aromatic carbocycles. The molecular formula is C14H22N6O. The summed E-state index contributed by atoms with van der Waals surface area (Å²) in [7, 11) is 0. The highest BCUT2D eigenvalue weighted by molar-refractivity contribution is 5.01. The molecule has 0 spiro atoms. The van der Waals surface area contributed by atoms with Crippen molar-refractivity contribution in [3.63, 3.8) is 0 Å². The third-order valence-corrected chi connectivity index (χ3v) is 3.96. The Hall–Kier alpha value is -1.76. The molecule has 114 valence electrons. The van der Waals surface area contributed by atoms with E-state index in [-0.39, 0.29) is 12.0 Å². The van der Waals surface area contributed by atoms with E-state index in [4.69, 9.17) is 4.52 Å². The molecule has 2 aromatic heterocycles. The smallest absolute Gasteiger partial charge is 0.243 e. The van der Waals surface area contributed by atoms with E-state index in [9.17, 15) is 0 Å². The summed E-state index contributed by atoms with van der Waals surface area (Å²) in [5.74, 6) is 3.76. The fourth-order valence-electron chi connectivity index (χ4n) is 2.68. The summed E-state index contributed by atoms with van der Waals surface area (Å²) in [6, 6.07) is 0.421. The van der Waals surface area contributed by atoms with E-state index in [1.54, 1.807) is 0 Å². The highest BCUT2D eigenvalue weighted by Gasteiger charge is 2.24. The Morgan fingerprint density at radius 1 is 1.29 bits per heavy atom. The molecule has 1 aliphatic heterocycles. The molecule has 0 saturated carbocycles. The summed E-state index contributed by atoms with van der Waals surface area (Å²) in [6.07, 6.45) is 2.00. The lowest BCUT2D eigenvalue weighted by atomic mass is 10.1. The third-order valence-electron chi connectivity index (χ3n) is 3.96. The molecule has 7 nitrogen and oxygen atoms in total. The molecule has 1 N–H and O–H groups in total. The molecule has 2 aromatic rings. The summed E-state index contributed by atoms with van der Waals surface area (Å²) in [4.78, 5) is 4.46. The van der Waals surface area contributed by atoms with Gasteiger partial charge in [0.15, 0.2) is 5.82 Å². The number of hydrogen-bond acceptors (Lipinski definition) is 6. The van der Waals surface area contributed by atoms with E-state index in [0.717, 1.165) is 36.9 Å². The quantitative estimate of drug-likeness (QED) is 0.924. The van der Waals surface area contributed by atoms with Gasteiger partial charge in [-0.1, -0.05) is 19.0 Å². The molecule has 2 atom stereocenters. The molecule has 0 amide bonds. The standard InChI is InChI=1S/C14H22N6O/c1-8(2)13-16-14(21-19-13)9(3)15-11-5-6-12-18-17-10(4)20(12)7-11/h8-9,11,15H,5-7H2,1-4H3/t9-,11+/m1/s1. The van der Waals surface area contributed by atoms with Crippen LogP contribution in [-0.4, -0.2) is 30.9 Å². The minimum absolute atomic E-state index is 0.0494. The fourth-order valence-corrected chi connectivity index (χ4v) is 2.68. The Morgan fingerprint density at radius 2 is 2.10 bits per heavy atom. The van der Waals surface area contributed by atoms with Gasteiger partial charge in [-0.3, -0.25) is 0 Å². The van der Waals surface area contributed by atoms with Gasteiger partial charge in [-0.15, -0.1) is 10.2 Å². The Bertz CT molecular complexity index is 617. The second-order valence-electron chi connectivity index (χ2n) is 6.04. The van der Waals surface area contributed by atoms with E-state index in [1.165, 1.54) is 0 Å². The zero-order chi connectivity index (χ0) is 15.0. The summed E-state index contributed by atoms with van der Waals surface area (Å²) in [6.45, 7) is 9.07. The van der Waals surface area contributed by atoms with Gasteiger partial charge < -0.3 is 14.4 Å². The lowest BCUT2D eigenvalue weighted by Gasteiger charge is -2.26. The first kappa shape index (κ1) is 14.2. The maximum Gasteiger partial charge on any atom is 0.243 e.